The summed E-state index contributed by atoms with van der Waals surface area (Å²) in [5.74, 6) is 0.200. The minimum atomic E-state index is -4.08. The van der Waals surface area contributed by atoms with E-state index in [1.54, 1.807) is 40.7 Å². The van der Waals surface area contributed by atoms with Crippen LogP contribution in [0.3, 0.4) is 0 Å². The molecule has 0 unspecified atom stereocenters. The Hall–Kier alpha value is -3.63. The Morgan fingerprint density at radius 2 is 1.67 bits per heavy atom. The fraction of sp³-hybridized carbons (Fsp3) is 0.154. The van der Waals surface area contributed by atoms with Gasteiger partial charge in [0.2, 0.25) is 0 Å². The summed E-state index contributed by atoms with van der Waals surface area (Å²) in [7, 11) is -0.878. The number of aromatic nitrogens is 2. The molecule has 0 aliphatic heterocycles. The molecule has 0 spiro atoms. The van der Waals surface area contributed by atoms with Gasteiger partial charge in [0.1, 0.15) is 4.90 Å². The molecule has 4 rings (SSSR count). The molecule has 0 bridgehead atoms. The third-order valence-corrected chi connectivity index (χ3v) is 7.45. The topological polar surface area (TPSA) is 91.9 Å². The van der Waals surface area contributed by atoms with E-state index in [1.165, 1.54) is 25.5 Å². The van der Waals surface area contributed by atoms with Gasteiger partial charge in [0.25, 0.3) is 5.56 Å². The standard InChI is InChI=1S/C26H24BrN3O5S/c1-17-10-12-21(13-11-17)36(32,33)35-25-22(27)14-19(15-23(25)34-4)16-28-24-18(2)29(3)30(26(24)31)20-8-6-5-7-9-20/h5-16H,1-4H3. The van der Waals surface area contributed by atoms with Crippen molar-refractivity contribution in [1.82, 2.24) is 9.36 Å². The van der Waals surface area contributed by atoms with Crippen LogP contribution in [0.25, 0.3) is 5.69 Å². The third-order valence-electron chi connectivity index (χ3n) is 5.62. The van der Waals surface area contributed by atoms with E-state index in [2.05, 4.69) is 20.9 Å². The summed E-state index contributed by atoms with van der Waals surface area (Å²) in [6.45, 7) is 3.68. The maximum Gasteiger partial charge on any atom is 0.339 e. The van der Waals surface area contributed by atoms with Crippen molar-refractivity contribution in [2.24, 2.45) is 12.0 Å². The monoisotopic (exact) mass is 569 g/mol. The minimum Gasteiger partial charge on any atom is -0.493 e. The SMILES string of the molecule is COc1cc(C=Nc2c(C)n(C)n(-c3ccccc3)c2=O)cc(Br)c1OS(=O)(=O)c1ccc(C)cc1. The van der Waals surface area contributed by atoms with Crippen molar-refractivity contribution in [2.75, 3.05) is 7.11 Å². The first-order chi connectivity index (χ1) is 17.1. The highest BCUT2D eigenvalue weighted by Gasteiger charge is 2.22. The molecule has 0 saturated carbocycles. The molecule has 0 atom stereocenters. The van der Waals surface area contributed by atoms with Gasteiger partial charge in [-0.1, -0.05) is 35.9 Å². The van der Waals surface area contributed by atoms with Crippen molar-refractivity contribution in [2.45, 2.75) is 18.7 Å². The molecular weight excluding hydrogens is 546 g/mol. The summed E-state index contributed by atoms with van der Waals surface area (Å²) in [5, 5.41) is 0. The maximum absolute atomic E-state index is 13.1. The molecule has 3 aromatic carbocycles. The van der Waals surface area contributed by atoms with Crippen molar-refractivity contribution in [1.29, 1.82) is 0 Å². The molecule has 0 radical (unpaired) electrons. The normalized spacial score (nSPS) is 11.7. The number of rotatable bonds is 7. The van der Waals surface area contributed by atoms with Gasteiger partial charge in [-0.2, -0.15) is 8.42 Å². The van der Waals surface area contributed by atoms with Crippen molar-refractivity contribution in [3.63, 3.8) is 0 Å². The molecule has 0 fully saturated rings. The zero-order valence-corrected chi connectivity index (χ0v) is 22.5. The van der Waals surface area contributed by atoms with Crippen LogP contribution in [0, 0.1) is 13.8 Å². The van der Waals surface area contributed by atoms with Crippen molar-refractivity contribution < 1.29 is 17.3 Å². The molecule has 0 amide bonds. The van der Waals surface area contributed by atoms with Crippen LogP contribution in [0.15, 0.2) is 85.9 Å². The third kappa shape index (κ3) is 5.00. The summed E-state index contributed by atoms with van der Waals surface area (Å²) in [6.07, 6.45) is 1.52. The van der Waals surface area contributed by atoms with E-state index in [-0.39, 0.29) is 22.0 Å². The van der Waals surface area contributed by atoms with Crippen LogP contribution in [0.1, 0.15) is 16.8 Å². The lowest BCUT2D eigenvalue weighted by molar-refractivity contribution is 0.389. The number of ether oxygens (including phenoxy) is 1. The maximum atomic E-state index is 13.1. The molecule has 1 heterocycles. The van der Waals surface area contributed by atoms with Gasteiger partial charge in [0.15, 0.2) is 17.2 Å². The Morgan fingerprint density at radius 1 is 1.00 bits per heavy atom. The number of halogens is 1. The molecule has 0 aliphatic rings. The van der Waals surface area contributed by atoms with Gasteiger partial charge >= 0.3 is 10.1 Å². The zero-order chi connectivity index (χ0) is 26.0. The average molecular weight is 570 g/mol. The van der Waals surface area contributed by atoms with Crippen molar-refractivity contribution >= 4 is 38.0 Å². The minimum absolute atomic E-state index is 0.0116. The number of hydrogen-bond donors (Lipinski definition) is 0. The average Bonchev–Trinajstić information content (AvgIpc) is 3.07. The summed E-state index contributed by atoms with van der Waals surface area (Å²) < 4.78 is 40.0. The van der Waals surface area contributed by atoms with Crippen LogP contribution in [-0.2, 0) is 17.2 Å². The van der Waals surface area contributed by atoms with E-state index >= 15 is 0 Å². The second-order valence-electron chi connectivity index (χ2n) is 8.05. The van der Waals surface area contributed by atoms with Gasteiger partial charge in [-0.3, -0.25) is 9.48 Å². The molecule has 0 aliphatic carbocycles. The smallest absolute Gasteiger partial charge is 0.339 e. The van der Waals surface area contributed by atoms with E-state index in [0.29, 0.717) is 21.4 Å². The molecule has 0 N–H and O–H groups in total. The highest BCUT2D eigenvalue weighted by molar-refractivity contribution is 9.10. The number of aliphatic imine (C=N–C) groups is 1. The number of methoxy groups -OCH3 is 1. The molecule has 4 aromatic rings. The van der Waals surface area contributed by atoms with Crippen LogP contribution in [0.5, 0.6) is 11.5 Å². The molecule has 1 aromatic heterocycles. The van der Waals surface area contributed by atoms with Crippen LogP contribution in [0.4, 0.5) is 5.69 Å². The number of hydrogen-bond acceptors (Lipinski definition) is 6. The highest BCUT2D eigenvalue weighted by Crippen LogP contribution is 2.38. The van der Waals surface area contributed by atoms with Gasteiger partial charge in [-0.05, 0) is 71.7 Å². The number of nitrogens with zero attached hydrogens (tertiary/aromatic N) is 3. The Labute approximate surface area is 217 Å². The molecular formula is C26H24BrN3O5S. The Morgan fingerprint density at radius 3 is 2.31 bits per heavy atom. The fourth-order valence-corrected chi connectivity index (χ4v) is 5.20. The molecule has 186 valence electrons. The molecule has 10 heteroatoms. The van der Waals surface area contributed by atoms with Crippen LogP contribution >= 0.6 is 15.9 Å². The first kappa shape index (κ1) is 25.5. The van der Waals surface area contributed by atoms with Crippen molar-refractivity contribution in [3.8, 4) is 17.2 Å². The first-order valence-corrected chi connectivity index (χ1v) is 13.1. The van der Waals surface area contributed by atoms with Gasteiger partial charge in [0.05, 0.1) is 23.0 Å². The van der Waals surface area contributed by atoms with E-state index in [9.17, 15) is 13.2 Å². The second-order valence-corrected chi connectivity index (χ2v) is 10.5. The van der Waals surface area contributed by atoms with E-state index in [4.69, 9.17) is 8.92 Å². The zero-order valence-electron chi connectivity index (χ0n) is 20.1. The first-order valence-electron chi connectivity index (χ1n) is 10.9. The quantitative estimate of drug-likeness (QED) is 0.228. The number of aryl methyl sites for hydroxylation is 1. The Balaban J connectivity index is 1.68. The number of benzene rings is 3. The lowest BCUT2D eigenvalue weighted by Crippen LogP contribution is -2.19. The predicted molar refractivity (Wildman–Crippen MR) is 143 cm³/mol. The highest BCUT2D eigenvalue weighted by atomic mass is 79.9. The predicted octanol–water partition coefficient (Wildman–Crippen LogP) is 5.08. The van der Waals surface area contributed by atoms with Crippen LogP contribution < -0.4 is 14.5 Å². The van der Waals surface area contributed by atoms with Gasteiger partial charge in [-0.15, -0.1) is 0 Å². The summed E-state index contributed by atoms with van der Waals surface area (Å²) in [4.78, 5) is 17.6. The fourth-order valence-electron chi connectivity index (χ4n) is 3.60. The second kappa shape index (κ2) is 10.2. The summed E-state index contributed by atoms with van der Waals surface area (Å²) >= 11 is 3.38. The van der Waals surface area contributed by atoms with E-state index < -0.39 is 10.1 Å². The molecule has 0 saturated heterocycles. The van der Waals surface area contributed by atoms with E-state index in [1.807, 2.05) is 44.2 Å². The van der Waals surface area contributed by atoms with Gasteiger partial charge in [-0.25, -0.2) is 9.67 Å². The van der Waals surface area contributed by atoms with E-state index in [0.717, 1.165) is 11.3 Å². The Bertz CT molecular complexity index is 1610. The number of para-hydroxylation sites is 1. The summed E-state index contributed by atoms with van der Waals surface area (Å²) in [5.41, 5.74) is 2.96. The lowest BCUT2D eigenvalue weighted by Gasteiger charge is -2.13. The summed E-state index contributed by atoms with van der Waals surface area (Å²) in [6, 6.07) is 18.9. The van der Waals surface area contributed by atoms with Crippen molar-refractivity contribution in [3.05, 3.63) is 98.4 Å². The van der Waals surface area contributed by atoms with Gasteiger partial charge in [0, 0.05) is 13.3 Å². The molecule has 8 nitrogen and oxygen atoms in total. The van der Waals surface area contributed by atoms with Crippen LogP contribution in [0.2, 0.25) is 0 Å². The Kier molecular flexibility index (Phi) is 7.18. The molecule has 36 heavy (non-hydrogen) atoms. The lowest BCUT2D eigenvalue weighted by atomic mass is 10.2. The van der Waals surface area contributed by atoms with Crippen LogP contribution in [-0.4, -0.2) is 31.1 Å². The largest absolute Gasteiger partial charge is 0.493 e. The van der Waals surface area contributed by atoms with Gasteiger partial charge < -0.3 is 8.92 Å².